The molecule has 1 aliphatic rings. The molecule has 0 aliphatic carbocycles. The summed E-state index contributed by atoms with van der Waals surface area (Å²) in [4.78, 5) is 31.6. The number of aromatic nitrogens is 2. The van der Waals surface area contributed by atoms with E-state index < -0.39 is 12.0 Å². The molecule has 1 amide bonds. The lowest BCUT2D eigenvalue weighted by Crippen LogP contribution is -2.47. The third kappa shape index (κ3) is 7.72. The van der Waals surface area contributed by atoms with Crippen molar-refractivity contribution in [1.29, 1.82) is 0 Å². The molecule has 1 aliphatic heterocycles. The third-order valence-corrected chi connectivity index (χ3v) is 7.28. The number of carboxylic acid groups (broad SMARTS) is 1. The smallest absolute Gasteiger partial charge is 0.326 e. The average Bonchev–Trinajstić information content (AvgIpc) is 3.43. The Bertz CT molecular complexity index is 1450. The molecule has 1 fully saturated rings. The third-order valence-electron chi connectivity index (χ3n) is 7.28. The van der Waals surface area contributed by atoms with Crippen molar-refractivity contribution in [1.82, 2.24) is 14.9 Å². The van der Waals surface area contributed by atoms with Crippen molar-refractivity contribution in [2.45, 2.75) is 38.5 Å². The molecule has 1 atom stereocenters. The number of benzene rings is 3. The molecule has 2 heterocycles. The fraction of sp³-hybridized carbons (Fsp3) is 0.281. The average molecular weight is 557 g/mol. The predicted octanol–water partition coefficient (Wildman–Crippen LogP) is 4.68. The maximum Gasteiger partial charge on any atom is 0.326 e. The normalized spacial score (nSPS) is 14.4. The van der Waals surface area contributed by atoms with Crippen LogP contribution < -0.4 is 15.0 Å². The van der Waals surface area contributed by atoms with Gasteiger partial charge in [-0.3, -0.25) is 4.79 Å². The lowest BCUT2D eigenvalue weighted by atomic mass is 9.94. The molecule has 9 heteroatoms. The summed E-state index contributed by atoms with van der Waals surface area (Å²) in [5.41, 5.74) is 3.77. The number of anilines is 1. The molecule has 212 valence electrons. The highest BCUT2D eigenvalue weighted by Crippen LogP contribution is 2.25. The molecule has 0 spiro atoms. The van der Waals surface area contributed by atoms with Gasteiger partial charge in [-0.2, -0.15) is 0 Å². The van der Waals surface area contributed by atoms with Crippen molar-refractivity contribution in [3.05, 3.63) is 114 Å². The summed E-state index contributed by atoms with van der Waals surface area (Å²) in [6.45, 7) is 2.37. The highest BCUT2D eigenvalue weighted by molar-refractivity contribution is 5.85. The van der Waals surface area contributed by atoms with Crippen molar-refractivity contribution < 1.29 is 23.8 Å². The second-order valence-electron chi connectivity index (χ2n) is 10.3. The van der Waals surface area contributed by atoms with Crippen LogP contribution in [0.2, 0.25) is 0 Å². The van der Waals surface area contributed by atoms with Crippen molar-refractivity contribution in [3.8, 4) is 5.75 Å². The molecule has 0 bridgehead atoms. The quantitative estimate of drug-likeness (QED) is 0.279. The number of carbonyl (C=O) groups is 2. The largest absolute Gasteiger partial charge is 0.489 e. The Morgan fingerprint density at radius 3 is 2.46 bits per heavy atom. The molecule has 0 saturated carbocycles. The first-order chi connectivity index (χ1) is 19.9. The Hall–Kier alpha value is -4.66. The van der Waals surface area contributed by atoms with Crippen molar-refractivity contribution in [3.63, 3.8) is 0 Å². The Morgan fingerprint density at radius 2 is 1.73 bits per heavy atom. The number of ether oxygens (including phenoxy) is 1. The fourth-order valence-corrected chi connectivity index (χ4v) is 5.03. The van der Waals surface area contributed by atoms with Gasteiger partial charge in [-0.15, -0.1) is 0 Å². The molecule has 0 unspecified atom stereocenters. The zero-order chi connectivity index (χ0) is 28.6. The first-order valence-electron chi connectivity index (χ1n) is 13.7. The zero-order valence-electron chi connectivity index (χ0n) is 22.7. The van der Waals surface area contributed by atoms with Gasteiger partial charge in [-0.1, -0.05) is 42.5 Å². The molecule has 0 radical (unpaired) electrons. The number of carbonyl (C=O) groups excluding carboxylic acids is 1. The standard InChI is InChI=1S/C32H33FN4O4/c33-26-9-11-29(12-10-26)41-21-24-7-4-8-28(17-24)37-15-13-25(14-16-37)31(38)35-30(32(39)40)18-27-20-36(22-34-27)19-23-5-2-1-3-6-23/h1-12,17,20,22,25,30H,13-16,18-19,21H2,(H,35,38)(H,39,40)/t30-/m0/s1. The Morgan fingerprint density at radius 1 is 1.00 bits per heavy atom. The number of carboxylic acids is 1. The number of imidazole rings is 1. The molecular weight excluding hydrogens is 523 g/mol. The van der Waals surface area contributed by atoms with Gasteiger partial charge < -0.3 is 24.6 Å². The minimum atomic E-state index is -1.08. The van der Waals surface area contributed by atoms with Gasteiger partial charge in [0.05, 0.1) is 12.0 Å². The molecule has 4 aromatic rings. The maximum absolute atomic E-state index is 13.1. The Labute approximate surface area is 238 Å². The lowest BCUT2D eigenvalue weighted by Gasteiger charge is -2.33. The second-order valence-corrected chi connectivity index (χ2v) is 10.3. The van der Waals surface area contributed by atoms with Gasteiger partial charge >= 0.3 is 5.97 Å². The van der Waals surface area contributed by atoms with Crippen molar-refractivity contribution >= 4 is 17.6 Å². The summed E-state index contributed by atoms with van der Waals surface area (Å²) in [7, 11) is 0. The van der Waals surface area contributed by atoms with E-state index in [1.165, 1.54) is 12.1 Å². The lowest BCUT2D eigenvalue weighted by molar-refractivity contribution is -0.142. The van der Waals surface area contributed by atoms with E-state index >= 15 is 0 Å². The topological polar surface area (TPSA) is 96.7 Å². The van der Waals surface area contributed by atoms with Gasteiger partial charge in [0.25, 0.3) is 0 Å². The second kappa shape index (κ2) is 13.1. The SMILES string of the molecule is O=C(N[C@@H](Cc1cn(Cc2ccccc2)cn1)C(=O)O)C1CCN(c2cccc(COc3ccc(F)cc3)c2)CC1. The number of piperidine rings is 1. The van der Waals surface area contributed by atoms with E-state index in [1.54, 1.807) is 18.5 Å². The number of rotatable bonds is 11. The van der Waals surface area contributed by atoms with E-state index in [2.05, 4.69) is 21.3 Å². The van der Waals surface area contributed by atoms with Crippen LogP contribution in [0.25, 0.3) is 0 Å². The fourth-order valence-electron chi connectivity index (χ4n) is 5.03. The Balaban J connectivity index is 1.11. The van der Waals surface area contributed by atoms with Crippen molar-refractivity contribution in [2.75, 3.05) is 18.0 Å². The number of aliphatic carboxylic acids is 1. The predicted molar refractivity (Wildman–Crippen MR) is 153 cm³/mol. The van der Waals surface area contributed by atoms with Gasteiger partial charge in [0.2, 0.25) is 5.91 Å². The van der Waals surface area contributed by atoms with E-state index in [1.807, 2.05) is 59.3 Å². The molecule has 2 N–H and O–H groups in total. The summed E-state index contributed by atoms with van der Waals surface area (Å²) in [6.07, 6.45) is 4.88. The number of hydrogen-bond acceptors (Lipinski definition) is 5. The first kappa shape index (κ1) is 27.9. The van der Waals surface area contributed by atoms with Crippen LogP contribution in [0.5, 0.6) is 5.75 Å². The molecule has 1 saturated heterocycles. The molecule has 5 rings (SSSR count). The van der Waals surface area contributed by atoms with Crippen molar-refractivity contribution in [2.24, 2.45) is 5.92 Å². The van der Waals surface area contributed by atoms with Gasteiger partial charge in [0.1, 0.15) is 24.2 Å². The van der Waals surface area contributed by atoms with Crippen LogP contribution in [-0.4, -0.2) is 45.7 Å². The summed E-state index contributed by atoms with van der Waals surface area (Å²) < 4.78 is 20.8. The van der Waals surface area contributed by atoms with Gasteiger partial charge in [-0.05, 0) is 60.4 Å². The number of hydrogen-bond donors (Lipinski definition) is 2. The molecular formula is C32H33FN4O4. The van der Waals surface area contributed by atoms with Crippen LogP contribution in [-0.2, 0) is 29.2 Å². The zero-order valence-corrected chi connectivity index (χ0v) is 22.7. The highest BCUT2D eigenvalue weighted by atomic mass is 19.1. The van der Waals surface area contributed by atoms with Crippen LogP contribution in [0.4, 0.5) is 10.1 Å². The van der Waals surface area contributed by atoms with E-state index in [-0.39, 0.29) is 24.1 Å². The number of nitrogens with zero attached hydrogens (tertiary/aromatic N) is 3. The minimum absolute atomic E-state index is 0.120. The van der Waals surface area contributed by atoms with Crippen LogP contribution in [0.1, 0.15) is 29.7 Å². The van der Waals surface area contributed by atoms with E-state index in [0.717, 1.165) is 16.8 Å². The van der Waals surface area contributed by atoms with Gasteiger partial charge in [-0.25, -0.2) is 14.2 Å². The summed E-state index contributed by atoms with van der Waals surface area (Å²) in [5, 5.41) is 12.5. The van der Waals surface area contributed by atoms with E-state index in [0.29, 0.717) is 50.5 Å². The summed E-state index contributed by atoms with van der Waals surface area (Å²) in [5.74, 6) is -1.27. The van der Waals surface area contributed by atoms with Crippen LogP contribution in [0.15, 0.2) is 91.4 Å². The number of nitrogens with one attached hydrogen (secondary N) is 1. The van der Waals surface area contributed by atoms with Gasteiger partial charge in [0, 0.05) is 43.9 Å². The van der Waals surface area contributed by atoms with E-state index in [4.69, 9.17) is 4.74 Å². The van der Waals surface area contributed by atoms with Crippen LogP contribution in [0, 0.1) is 11.7 Å². The molecule has 41 heavy (non-hydrogen) atoms. The molecule has 3 aromatic carbocycles. The summed E-state index contributed by atoms with van der Waals surface area (Å²) >= 11 is 0. The minimum Gasteiger partial charge on any atom is -0.489 e. The molecule has 1 aromatic heterocycles. The number of halogens is 1. The van der Waals surface area contributed by atoms with Gasteiger partial charge in [0.15, 0.2) is 0 Å². The van der Waals surface area contributed by atoms with Crippen LogP contribution in [0.3, 0.4) is 0 Å². The Kier molecular flexibility index (Phi) is 8.93. The monoisotopic (exact) mass is 556 g/mol. The number of amides is 1. The first-order valence-corrected chi connectivity index (χ1v) is 13.7. The summed E-state index contributed by atoms with van der Waals surface area (Å²) in [6, 6.07) is 22.9. The maximum atomic E-state index is 13.1. The van der Waals surface area contributed by atoms with Crippen LogP contribution >= 0.6 is 0 Å². The highest BCUT2D eigenvalue weighted by Gasteiger charge is 2.29. The molecule has 8 nitrogen and oxygen atoms in total. The van der Waals surface area contributed by atoms with E-state index in [9.17, 15) is 19.1 Å².